The lowest BCUT2D eigenvalue weighted by Crippen LogP contribution is -1.96. The minimum Gasteiger partial charge on any atom is -0.455 e. The Hall–Kier alpha value is -4.09. The Bertz CT molecular complexity index is 1210. The van der Waals surface area contributed by atoms with Crippen LogP contribution in [0.1, 0.15) is 0 Å². The third-order valence-corrected chi connectivity index (χ3v) is 4.11. The van der Waals surface area contributed by atoms with Crippen LogP contribution in [0.5, 0.6) is 0 Å². The molecule has 1 aromatic heterocycles. The average molecular weight is 336 g/mol. The van der Waals surface area contributed by atoms with Crippen molar-refractivity contribution in [3.05, 3.63) is 66.7 Å². The quantitative estimate of drug-likeness (QED) is 0.418. The summed E-state index contributed by atoms with van der Waals surface area (Å²) in [5.41, 5.74) is 6.89. The summed E-state index contributed by atoms with van der Waals surface area (Å²) < 4.78 is 6.07. The average Bonchev–Trinajstić information content (AvgIpc) is 3.08. The number of hydrogen-bond acceptors (Lipinski definition) is 5. The molecule has 0 atom stereocenters. The molecule has 1 heterocycles. The molecule has 0 unspecified atom stereocenters. The molecule has 0 bridgehead atoms. The molecule has 0 saturated carbocycles. The van der Waals surface area contributed by atoms with Gasteiger partial charge in [-0.3, -0.25) is 5.43 Å². The van der Waals surface area contributed by atoms with Gasteiger partial charge in [-0.25, -0.2) is 0 Å². The molecular weight excluding hydrogens is 324 g/mol. The first kappa shape index (κ1) is 15.4. The summed E-state index contributed by atoms with van der Waals surface area (Å²) in [5.74, 6) is 0. The van der Waals surface area contributed by atoms with E-state index in [4.69, 9.17) is 14.9 Å². The Morgan fingerprint density at radius 3 is 2.35 bits per heavy atom. The lowest BCUT2D eigenvalue weighted by atomic mass is 10.0. The van der Waals surface area contributed by atoms with Crippen molar-refractivity contribution in [2.24, 2.45) is 5.10 Å². The highest BCUT2D eigenvalue weighted by Crippen LogP contribution is 2.35. The Labute approximate surface area is 149 Å². The summed E-state index contributed by atoms with van der Waals surface area (Å²) in [6.07, 6.45) is 0. The molecule has 0 fully saturated rings. The highest BCUT2D eigenvalue weighted by atomic mass is 16.3. The number of nitrogens with one attached hydrogen (secondary N) is 1. The molecule has 122 valence electrons. The summed E-state index contributed by atoms with van der Waals surface area (Å²) in [4.78, 5) is 0. The lowest BCUT2D eigenvalue weighted by molar-refractivity contribution is 0.670. The molecule has 5 heteroatoms. The number of fused-ring (bicyclic) bond motifs is 3. The number of hydrogen-bond donors (Lipinski definition) is 1. The van der Waals surface area contributed by atoms with Gasteiger partial charge in [-0.1, -0.05) is 48.5 Å². The van der Waals surface area contributed by atoms with Crippen LogP contribution in [0, 0.1) is 22.7 Å². The van der Waals surface area contributed by atoms with Crippen LogP contribution >= 0.6 is 0 Å². The van der Waals surface area contributed by atoms with E-state index in [0.717, 1.165) is 33.1 Å². The molecule has 0 aliphatic heterocycles. The van der Waals surface area contributed by atoms with Crippen molar-refractivity contribution in [2.75, 3.05) is 5.43 Å². The minimum absolute atomic E-state index is 0.221. The van der Waals surface area contributed by atoms with Gasteiger partial charge in [-0.15, -0.1) is 0 Å². The maximum absolute atomic E-state index is 8.70. The Kier molecular flexibility index (Phi) is 3.82. The maximum atomic E-state index is 8.70. The fourth-order valence-corrected chi connectivity index (χ4v) is 2.89. The SMILES string of the molecule is N#CC(C#N)=NNc1ccc(-c2cccc3c2oc2ccccc23)cc1. The van der Waals surface area contributed by atoms with Crippen molar-refractivity contribution in [2.45, 2.75) is 0 Å². The molecule has 3 aromatic carbocycles. The van der Waals surface area contributed by atoms with Crippen molar-refractivity contribution in [1.82, 2.24) is 0 Å². The van der Waals surface area contributed by atoms with E-state index in [-0.39, 0.29) is 5.71 Å². The van der Waals surface area contributed by atoms with Gasteiger partial charge in [0.05, 0.1) is 5.69 Å². The van der Waals surface area contributed by atoms with Crippen molar-refractivity contribution in [1.29, 1.82) is 10.5 Å². The number of anilines is 1. The molecule has 0 radical (unpaired) electrons. The van der Waals surface area contributed by atoms with Gasteiger partial charge in [-0.2, -0.15) is 15.6 Å². The molecule has 0 aliphatic rings. The number of furan rings is 1. The number of hydrazone groups is 1. The Morgan fingerprint density at radius 2 is 1.58 bits per heavy atom. The summed E-state index contributed by atoms with van der Waals surface area (Å²) in [6.45, 7) is 0. The number of rotatable bonds is 3. The van der Waals surface area contributed by atoms with Crippen LogP contribution in [0.3, 0.4) is 0 Å². The van der Waals surface area contributed by atoms with Crippen molar-refractivity contribution < 1.29 is 4.42 Å². The van der Waals surface area contributed by atoms with Crippen LogP contribution in [-0.2, 0) is 0 Å². The van der Waals surface area contributed by atoms with E-state index in [9.17, 15) is 0 Å². The van der Waals surface area contributed by atoms with Crippen LogP contribution in [0.15, 0.2) is 76.2 Å². The molecule has 0 amide bonds. The standard InChI is InChI=1S/C21H12N4O/c22-12-16(13-23)25-24-15-10-8-14(9-11-15)17-5-3-6-19-18-4-1-2-7-20(18)26-21(17)19/h1-11,24H. The smallest absolute Gasteiger partial charge is 0.237 e. The summed E-state index contributed by atoms with van der Waals surface area (Å²) >= 11 is 0. The molecule has 4 aromatic rings. The number of para-hydroxylation sites is 2. The van der Waals surface area contributed by atoms with Crippen LogP contribution < -0.4 is 5.43 Å². The highest BCUT2D eigenvalue weighted by molar-refractivity contribution is 6.10. The van der Waals surface area contributed by atoms with E-state index in [0.29, 0.717) is 5.69 Å². The normalized spacial score (nSPS) is 10.2. The van der Waals surface area contributed by atoms with Gasteiger partial charge < -0.3 is 4.42 Å². The van der Waals surface area contributed by atoms with Crippen LogP contribution in [0.4, 0.5) is 5.69 Å². The van der Waals surface area contributed by atoms with E-state index in [1.807, 2.05) is 54.6 Å². The van der Waals surface area contributed by atoms with E-state index < -0.39 is 0 Å². The molecular formula is C21H12N4O. The zero-order valence-corrected chi connectivity index (χ0v) is 13.6. The summed E-state index contributed by atoms with van der Waals surface area (Å²) in [7, 11) is 0. The second-order valence-electron chi connectivity index (χ2n) is 5.65. The lowest BCUT2D eigenvalue weighted by Gasteiger charge is -2.05. The first-order valence-corrected chi connectivity index (χ1v) is 7.95. The van der Waals surface area contributed by atoms with Gasteiger partial charge in [-0.05, 0) is 23.8 Å². The molecule has 0 spiro atoms. The predicted octanol–water partition coefficient (Wildman–Crippen LogP) is 5.07. The van der Waals surface area contributed by atoms with Gasteiger partial charge in [0.25, 0.3) is 0 Å². The molecule has 0 saturated heterocycles. The summed E-state index contributed by atoms with van der Waals surface area (Å²) in [5, 5.41) is 23.3. The first-order chi connectivity index (χ1) is 12.8. The predicted molar refractivity (Wildman–Crippen MR) is 101 cm³/mol. The Balaban J connectivity index is 1.73. The maximum Gasteiger partial charge on any atom is 0.237 e. The molecule has 1 N–H and O–H groups in total. The van der Waals surface area contributed by atoms with Crippen LogP contribution in [0.25, 0.3) is 33.1 Å². The minimum atomic E-state index is -0.221. The number of nitriles is 2. The molecule has 4 rings (SSSR count). The fraction of sp³-hybridized carbons (Fsp3) is 0. The van der Waals surface area contributed by atoms with Gasteiger partial charge in [0, 0.05) is 16.3 Å². The second-order valence-corrected chi connectivity index (χ2v) is 5.65. The van der Waals surface area contributed by atoms with Gasteiger partial charge in [0.15, 0.2) is 0 Å². The largest absolute Gasteiger partial charge is 0.455 e. The fourth-order valence-electron chi connectivity index (χ4n) is 2.89. The van der Waals surface area contributed by atoms with Gasteiger partial charge in [0.2, 0.25) is 5.71 Å². The van der Waals surface area contributed by atoms with Crippen molar-refractivity contribution in [3.8, 4) is 23.3 Å². The topological polar surface area (TPSA) is 85.1 Å². The molecule has 0 aliphatic carbocycles. The van der Waals surface area contributed by atoms with Crippen LogP contribution in [-0.4, -0.2) is 5.71 Å². The Morgan fingerprint density at radius 1 is 0.846 bits per heavy atom. The first-order valence-electron chi connectivity index (χ1n) is 7.95. The zero-order valence-electron chi connectivity index (χ0n) is 13.6. The third-order valence-electron chi connectivity index (χ3n) is 4.11. The summed E-state index contributed by atoms with van der Waals surface area (Å²) in [6, 6.07) is 25.1. The number of nitrogens with zero attached hydrogens (tertiary/aromatic N) is 3. The highest BCUT2D eigenvalue weighted by Gasteiger charge is 2.11. The second kappa shape index (κ2) is 6.43. The van der Waals surface area contributed by atoms with Crippen molar-refractivity contribution in [3.63, 3.8) is 0 Å². The van der Waals surface area contributed by atoms with E-state index >= 15 is 0 Å². The molecule has 26 heavy (non-hydrogen) atoms. The van der Waals surface area contributed by atoms with E-state index in [1.54, 1.807) is 12.1 Å². The van der Waals surface area contributed by atoms with Gasteiger partial charge >= 0.3 is 0 Å². The monoisotopic (exact) mass is 336 g/mol. The number of benzene rings is 3. The molecule has 5 nitrogen and oxygen atoms in total. The van der Waals surface area contributed by atoms with Gasteiger partial charge in [0.1, 0.15) is 23.3 Å². The zero-order chi connectivity index (χ0) is 17.9. The van der Waals surface area contributed by atoms with E-state index in [1.165, 1.54) is 0 Å². The van der Waals surface area contributed by atoms with Crippen LogP contribution in [0.2, 0.25) is 0 Å². The third kappa shape index (κ3) is 2.64. The van der Waals surface area contributed by atoms with Crippen molar-refractivity contribution >= 4 is 33.3 Å². The van der Waals surface area contributed by atoms with E-state index in [2.05, 4.69) is 22.7 Å².